The summed E-state index contributed by atoms with van der Waals surface area (Å²) >= 11 is 0. The van der Waals surface area contributed by atoms with E-state index in [1.54, 1.807) is 0 Å². The van der Waals surface area contributed by atoms with Crippen LogP contribution >= 0.6 is 0 Å². The van der Waals surface area contributed by atoms with Gasteiger partial charge in [-0.05, 0) is 56.7 Å². The van der Waals surface area contributed by atoms with Crippen LogP contribution in [-0.4, -0.2) is 61.0 Å². The average Bonchev–Trinajstić information content (AvgIpc) is 3.20. The molecule has 7 heteroatoms. The minimum atomic E-state index is 0.314. The first-order chi connectivity index (χ1) is 14.3. The zero-order chi connectivity index (χ0) is 20.3. The molecule has 1 aromatic heterocycles. The second kappa shape index (κ2) is 11.6. The Kier molecular flexibility index (Phi) is 8.58. The molecule has 2 N–H and O–H groups in total. The smallest absolute Gasteiger partial charge is 0.222 e. The van der Waals surface area contributed by atoms with Crippen molar-refractivity contribution in [2.75, 3.05) is 44.2 Å². The zero-order valence-electron chi connectivity index (χ0n) is 17.8. The van der Waals surface area contributed by atoms with Crippen molar-refractivity contribution < 1.29 is 4.79 Å². The molecule has 0 radical (unpaired) electrons. The van der Waals surface area contributed by atoms with Crippen molar-refractivity contribution in [3.05, 3.63) is 23.9 Å². The molecule has 0 aromatic carbocycles. The van der Waals surface area contributed by atoms with Crippen LogP contribution in [0.1, 0.15) is 57.4 Å². The third-order valence-corrected chi connectivity index (χ3v) is 5.57. The number of aromatic nitrogens is 1. The van der Waals surface area contributed by atoms with E-state index in [4.69, 9.17) is 4.99 Å². The van der Waals surface area contributed by atoms with Crippen LogP contribution < -0.4 is 15.5 Å². The number of hydrogen-bond acceptors (Lipinski definition) is 4. The largest absolute Gasteiger partial charge is 0.357 e. The Labute approximate surface area is 175 Å². The second-order valence-electron chi connectivity index (χ2n) is 7.88. The van der Waals surface area contributed by atoms with Crippen LogP contribution in [0.4, 0.5) is 5.82 Å². The molecule has 1 amide bonds. The minimum Gasteiger partial charge on any atom is -0.357 e. The molecule has 0 aliphatic carbocycles. The molecule has 0 saturated carbocycles. The van der Waals surface area contributed by atoms with E-state index in [1.165, 1.54) is 24.8 Å². The lowest BCUT2D eigenvalue weighted by Crippen LogP contribution is -2.39. The number of nitrogens with zero attached hydrogens (tertiary/aromatic N) is 4. The van der Waals surface area contributed by atoms with Gasteiger partial charge < -0.3 is 20.4 Å². The fourth-order valence-electron chi connectivity index (χ4n) is 3.94. The molecule has 2 aliphatic rings. The normalized spacial score (nSPS) is 18.1. The molecule has 0 atom stereocenters. The van der Waals surface area contributed by atoms with Gasteiger partial charge in [0, 0.05) is 51.9 Å². The molecule has 2 fully saturated rings. The number of amides is 1. The van der Waals surface area contributed by atoms with Crippen molar-refractivity contribution >= 4 is 17.7 Å². The highest BCUT2D eigenvalue weighted by atomic mass is 16.2. The SMILES string of the molecule is CCNC(=NCc1ccnc(N2CCCC2)c1)NCCCN1CCCCCC1=O. The summed E-state index contributed by atoms with van der Waals surface area (Å²) in [4.78, 5) is 25.7. The van der Waals surface area contributed by atoms with Gasteiger partial charge in [-0.1, -0.05) is 6.42 Å². The van der Waals surface area contributed by atoms with Crippen molar-refractivity contribution in [2.45, 2.75) is 58.4 Å². The summed E-state index contributed by atoms with van der Waals surface area (Å²) in [6.45, 7) is 8.28. The van der Waals surface area contributed by atoms with E-state index < -0.39 is 0 Å². The summed E-state index contributed by atoms with van der Waals surface area (Å²) in [5.74, 6) is 2.21. The van der Waals surface area contributed by atoms with Crippen LogP contribution in [0.15, 0.2) is 23.3 Å². The fraction of sp³-hybridized carbons (Fsp3) is 0.682. The quantitative estimate of drug-likeness (QED) is 0.399. The Balaban J connectivity index is 1.46. The van der Waals surface area contributed by atoms with Crippen LogP contribution in [-0.2, 0) is 11.3 Å². The topological polar surface area (TPSA) is 72.9 Å². The molecule has 0 unspecified atom stereocenters. The highest BCUT2D eigenvalue weighted by Crippen LogP contribution is 2.18. The summed E-state index contributed by atoms with van der Waals surface area (Å²) in [7, 11) is 0. The van der Waals surface area contributed by atoms with E-state index in [1.807, 2.05) is 17.2 Å². The number of carbonyl (C=O) groups is 1. The minimum absolute atomic E-state index is 0.314. The van der Waals surface area contributed by atoms with Gasteiger partial charge in [-0.2, -0.15) is 0 Å². The van der Waals surface area contributed by atoms with E-state index >= 15 is 0 Å². The Hall–Kier alpha value is -2.31. The Morgan fingerprint density at radius 3 is 2.79 bits per heavy atom. The summed E-state index contributed by atoms with van der Waals surface area (Å²) in [5.41, 5.74) is 1.18. The molecule has 1 aromatic rings. The molecular formula is C22H36N6O. The maximum atomic E-state index is 12.1. The van der Waals surface area contributed by atoms with Crippen molar-refractivity contribution in [1.82, 2.24) is 20.5 Å². The summed E-state index contributed by atoms with van der Waals surface area (Å²) in [6, 6.07) is 4.20. The number of anilines is 1. The lowest BCUT2D eigenvalue weighted by Gasteiger charge is -2.20. The maximum Gasteiger partial charge on any atom is 0.222 e. The monoisotopic (exact) mass is 400 g/mol. The van der Waals surface area contributed by atoms with Gasteiger partial charge in [-0.15, -0.1) is 0 Å². The van der Waals surface area contributed by atoms with Gasteiger partial charge in [0.15, 0.2) is 5.96 Å². The third kappa shape index (κ3) is 6.91. The second-order valence-corrected chi connectivity index (χ2v) is 7.88. The van der Waals surface area contributed by atoms with Crippen molar-refractivity contribution in [3.63, 3.8) is 0 Å². The van der Waals surface area contributed by atoms with Crippen LogP contribution in [0.5, 0.6) is 0 Å². The van der Waals surface area contributed by atoms with Gasteiger partial charge in [0.05, 0.1) is 6.54 Å². The lowest BCUT2D eigenvalue weighted by molar-refractivity contribution is -0.130. The van der Waals surface area contributed by atoms with E-state index in [2.05, 4.69) is 33.5 Å². The summed E-state index contributed by atoms with van der Waals surface area (Å²) < 4.78 is 0. The van der Waals surface area contributed by atoms with Crippen molar-refractivity contribution in [1.29, 1.82) is 0 Å². The summed E-state index contributed by atoms with van der Waals surface area (Å²) in [6.07, 6.45) is 9.38. The molecule has 0 spiro atoms. The summed E-state index contributed by atoms with van der Waals surface area (Å²) in [5, 5.41) is 6.72. The van der Waals surface area contributed by atoms with Gasteiger partial charge in [-0.25, -0.2) is 9.98 Å². The van der Waals surface area contributed by atoms with Crippen LogP contribution in [0.2, 0.25) is 0 Å². The number of rotatable bonds is 8. The standard InChI is InChI=1S/C22H36N6O/c1-2-23-22(25-11-8-16-28-15-5-3-4-9-21(28)29)26-18-19-10-12-24-20(17-19)27-13-6-7-14-27/h10,12,17H,2-9,11,13-16,18H2,1H3,(H2,23,25,26). The van der Waals surface area contributed by atoms with E-state index in [0.29, 0.717) is 18.9 Å². The molecule has 2 aliphatic heterocycles. The first kappa shape index (κ1) is 21.4. The number of likely N-dealkylation sites (tertiary alicyclic amines) is 1. The van der Waals surface area contributed by atoms with Gasteiger partial charge in [-0.3, -0.25) is 4.79 Å². The fourth-order valence-corrected chi connectivity index (χ4v) is 3.94. The predicted octanol–water partition coefficient (Wildman–Crippen LogP) is 2.53. The number of carbonyl (C=O) groups excluding carboxylic acids is 1. The van der Waals surface area contributed by atoms with Crippen molar-refractivity contribution in [3.8, 4) is 0 Å². The third-order valence-electron chi connectivity index (χ3n) is 5.57. The molecule has 7 nitrogen and oxygen atoms in total. The first-order valence-electron chi connectivity index (χ1n) is 11.3. The molecule has 3 rings (SSSR count). The number of nitrogens with one attached hydrogen (secondary N) is 2. The van der Waals surface area contributed by atoms with Crippen LogP contribution in [0, 0.1) is 0 Å². The highest BCUT2D eigenvalue weighted by Gasteiger charge is 2.16. The number of guanidine groups is 1. The first-order valence-corrected chi connectivity index (χ1v) is 11.3. The van der Waals surface area contributed by atoms with Gasteiger partial charge in [0.25, 0.3) is 0 Å². The molecular weight excluding hydrogens is 364 g/mol. The van der Waals surface area contributed by atoms with Crippen LogP contribution in [0.25, 0.3) is 0 Å². The molecule has 160 valence electrons. The Morgan fingerprint density at radius 2 is 1.97 bits per heavy atom. The molecule has 29 heavy (non-hydrogen) atoms. The maximum absolute atomic E-state index is 12.1. The van der Waals surface area contributed by atoms with E-state index in [-0.39, 0.29) is 0 Å². The lowest BCUT2D eigenvalue weighted by atomic mass is 10.2. The van der Waals surface area contributed by atoms with E-state index in [0.717, 1.165) is 70.3 Å². The van der Waals surface area contributed by atoms with Crippen LogP contribution in [0.3, 0.4) is 0 Å². The Morgan fingerprint density at radius 1 is 1.14 bits per heavy atom. The average molecular weight is 401 g/mol. The van der Waals surface area contributed by atoms with Gasteiger partial charge in [0.1, 0.15) is 5.82 Å². The predicted molar refractivity (Wildman–Crippen MR) is 118 cm³/mol. The number of hydrogen-bond donors (Lipinski definition) is 2. The van der Waals surface area contributed by atoms with Gasteiger partial charge in [0.2, 0.25) is 5.91 Å². The molecule has 2 saturated heterocycles. The van der Waals surface area contributed by atoms with Crippen molar-refractivity contribution in [2.24, 2.45) is 4.99 Å². The highest BCUT2D eigenvalue weighted by molar-refractivity contribution is 5.79. The Bertz CT molecular complexity index is 671. The number of pyridine rings is 1. The van der Waals surface area contributed by atoms with Gasteiger partial charge >= 0.3 is 0 Å². The number of aliphatic imine (C=N–C) groups is 1. The zero-order valence-corrected chi connectivity index (χ0v) is 17.8. The molecule has 0 bridgehead atoms. The van der Waals surface area contributed by atoms with E-state index in [9.17, 15) is 4.79 Å². The molecule has 3 heterocycles.